The molecule has 1 aromatic rings. The van der Waals surface area contributed by atoms with Crippen molar-refractivity contribution in [3.8, 4) is 0 Å². The van der Waals surface area contributed by atoms with E-state index >= 15 is 0 Å². The summed E-state index contributed by atoms with van der Waals surface area (Å²) < 4.78 is 16.3. The molecule has 20 heavy (non-hydrogen) atoms. The molecule has 1 rings (SSSR count). The third-order valence-corrected chi connectivity index (χ3v) is 2.91. The second-order valence-corrected chi connectivity index (χ2v) is 4.58. The van der Waals surface area contributed by atoms with Crippen molar-refractivity contribution in [3.05, 3.63) is 35.9 Å². The predicted molar refractivity (Wildman–Crippen MR) is 81.0 cm³/mol. The van der Waals surface area contributed by atoms with Crippen molar-refractivity contribution >= 4 is 0 Å². The Hall–Kier alpha value is -0.940. The monoisotopic (exact) mass is 281 g/mol. The first-order chi connectivity index (χ1) is 9.88. The molecule has 0 aliphatic carbocycles. The van der Waals surface area contributed by atoms with Crippen LogP contribution in [0.25, 0.3) is 0 Å². The number of rotatable bonds is 12. The molecule has 0 bridgehead atoms. The van der Waals surface area contributed by atoms with Crippen LogP contribution in [0.1, 0.15) is 25.0 Å². The Bertz CT molecular complexity index is 319. The fourth-order valence-electron chi connectivity index (χ4n) is 1.84. The van der Waals surface area contributed by atoms with Gasteiger partial charge in [0.15, 0.2) is 0 Å². The Balaban J connectivity index is 2.31. The molecule has 0 radical (unpaired) electrons. The molecule has 114 valence electrons. The van der Waals surface area contributed by atoms with Gasteiger partial charge >= 0.3 is 0 Å². The summed E-state index contributed by atoms with van der Waals surface area (Å²) in [6.07, 6.45) is 1.20. The summed E-state index contributed by atoms with van der Waals surface area (Å²) in [4.78, 5) is 0. The Labute approximate surface area is 122 Å². The van der Waals surface area contributed by atoms with Crippen molar-refractivity contribution in [1.82, 2.24) is 5.32 Å². The van der Waals surface area contributed by atoms with Gasteiger partial charge in [0.1, 0.15) is 0 Å². The van der Waals surface area contributed by atoms with Gasteiger partial charge in [-0.25, -0.2) is 0 Å². The summed E-state index contributed by atoms with van der Waals surface area (Å²) in [6, 6.07) is 10.3. The summed E-state index contributed by atoms with van der Waals surface area (Å²) in [5, 5.41) is 3.41. The van der Waals surface area contributed by atoms with Crippen LogP contribution in [0, 0.1) is 0 Å². The van der Waals surface area contributed by atoms with Crippen LogP contribution in [0.15, 0.2) is 30.3 Å². The molecule has 0 aromatic heterocycles. The van der Waals surface area contributed by atoms with Gasteiger partial charge in [0.25, 0.3) is 0 Å². The Morgan fingerprint density at radius 2 is 1.80 bits per heavy atom. The lowest BCUT2D eigenvalue weighted by molar-refractivity contribution is -0.00680. The molecule has 0 aliphatic heterocycles. The standard InChI is InChI=1S/C16H27NO3/c1-3-9-17-14-16(15-7-5-4-6-8-15)20-13-12-19-11-10-18-2/h4-8,16-17H,3,9-14H2,1-2H3. The molecule has 1 unspecified atom stereocenters. The SMILES string of the molecule is CCCNCC(OCCOCCOC)c1ccccc1. The molecule has 4 heteroatoms. The third-order valence-electron chi connectivity index (χ3n) is 2.91. The van der Waals surface area contributed by atoms with E-state index in [2.05, 4.69) is 24.4 Å². The van der Waals surface area contributed by atoms with E-state index in [0.717, 1.165) is 19.5 Å². The van der Waals surface area contributed by atoms with E-state index in [1.54, 1.807) is 7.11 Å². The molecule has 0 amide bonds. The molecule has 0 saturated heterocycles. The van der Waals surface area contributed by atoms with Crippen LogP contribution >= 0.6 is 0 Å². The van der Waals surface area contributed by atoms with Crippen LogP contribution < -0.4 is 5.32 Å². The highest BCUT2D eigenvalue weighted by atomic mass is 16.5. The number of ether oxygens (including phenoxy) is 3. The van der Waals surface area contributed by atoms with Crippen LogP contribution in [-0.4, -0.2) is 46.6 Å². The van der Waals surface area contributed by atoms with Crippen LogP contribution in [-0.2, 0) is 14.2 Å². The number of methoxy groups -OCH3 is 1. The van der Waals surface area contributed by atoms with Crippen molar-refractivity contribution in [1.29, 1.82) is 0 Å². The van der Waals surface area contributed by atoms with E-state index in [9.17, 15) is 0 Å². The lowest BCUT2D eigenvalue weighted by atomic mass is 10.1. The predicted octanol–water partition coefficient (Wildman–Crippen LogP) is 2.41. The van der Waals surface area contributed by atoms with Gasteiger partial charge in [0.2, 0.25) is 0 Å². The Morgan fingerprint density at radius 1 is 1.05 bits per heavy atom. The largest absolute Gasteiger partial charge is 0.382 e. The maximum atomic E-state index is 5.93. The van der Waals surface area contributed by atoms with Crippen LogP contribution in [0.3, 0.4) is 0 Å². The maximum Gasteiger partial charge on any atom is 0.0950 e. The number of nitrogens with one attached hydrogen (secondary N) is 1. The summed E-state index contributed by atoms with van der Waals surface area (Å²) in [7, 11) is 1.67. The van der Waals surface area contributed by atoms with Gasteiger partial charge in [-0.1, -0.05) is 37.3 Å². The first-order valence-electron chi connectivity index (χ1n) is 7.32. The highest BCUT2D eigenvalue weighted by molar-refractivity contribution is 5.17. The summed E-state index contributed by atoms with van der Waals surface area (Å²) in [5.41, 5.74) is 1.20. The van der Waals surface area contributed by atoms with Crippen molar-refractivity contribution in [2.24, 2.45) is 0 Å². The first kappa shape index (κ1) is 17.1. The van der Waals surface area contributed by atoms with Crippen molar-refractivity contribution in [2.75, 3.05) is 46.6 Å². The highest BCUT2D eigenvalue weighted by Crippen LogP contribution is 2.16. The normalized spacial score (nSPS) is 12.5. The smallest absolute Gasteiger partial charge is 0.0950 e. The van der Waals surface area contributed by atoms with Crippen molar-refractivity contribution in [2.45, 2.75) is 19.4 Å². The average molecular weight is 281 g/mol. The van der Waals surface area contributed by atoms with Gasteiger partial charge in [0, 0.05) is 13.7 Å². The molecule has 0 aliphatic rings. The van der Waals surface area contributed by atoms with Crippen molar-refractivity contribution < 1.29 is 14.2 Å². The summed E-state index contributed by atoms with van der Waals surface area (Å²) in [5.74, 6) is 0. The summed E-state index contributed by atoms with van der Waals surface area (Å²) >= 11 is 0. The molecule has 0 heterocycles. The van der Waals surface area contributed by atoms with Crippen LogP contribution in [0.2, 0.25) is 0 Å². The minimum Gasteiger partial charge on any atom is -0.382 e. The molecule has 1 N–H and O–H groups in total. The minimum atomic E-state index is 0.0776. The van der Waals surface area contributed by atoms with Crippen LogP contribution in [0.5, 0.6) is 0 Å². The molecule has 0 fully saturated rings. The second kappa shape index (κ2) is 11.9. The zero-order chi connectivity index (χ0) is 14.5. The average Bonchev–Trinajstić information content (AvgIpc) is 2.50. The van der Waals surface area contributed by atoms with Gasteiger partial charge in [-0.15, -0.1) is 0 Å². The lowest BCUT2D eigenvalue weighted by Crippen LogP contribution is -2.25. The molecule has 1 aromatic carbocycles. The van der Waals surface area contributed by atoms with E-state index in [0.29, 0.717) is 26.4 Å². The molecule has 0 saturated carbocycles. The van der Waals surface area contributed by atoms with Crippen molar-refractivity contribution in [3.63, 3.8) is 0 Å². The van der Waals surface area contributed by atoms with E-state index in [1.807, 2.05) is 18.2 Å². The Kier molecular flexibility index (Phi) is 10.1. The third kappa shape index (κ3) is 7.60. The fourth-order valence-corrected chi connectivity index (χ4v) is 1.84. The zero-order valence-corrected chi connectivity index (χ0v) is 12.6. The maximum absolute atomic E-state index is 5.93. The van der Waals surface area contributed by atoms with Crippen LogP contribution in [0.4, 0.5) is 0 Å². The lowest BCUT2D eigenvalue weighted by Gasteiger charge is -2.19. The van der Waals surface area contributed by atoms with Gasteiger partial charge in [0.05, 0.1) is 32.5 Å². The number of benzene rings is 1. The van der Waals surface area contributed by atoms with Gasteiger partial charge in [-0.3, -0.25) is 0 Å². The van der Waals surface area contributed by atoms with Gasteiger partial charge in [-0.2, -0.15) is 0 Å². The van der Waals surface area contributed by atoms with Gasteiger partial charge in [-0.05, 0) is 18.5 Å². The molecule has 1 atom stereocenters. The van der Waals surface area contributed by atoms with E-state index in [1.165, 1.54) is 5.56 Å². The highest BCUT2D eigenvalue weighted by Gasteiger charge is 2.10. The van der Waals surface area contributed by atoms with Gasteiger partial charge < -0.3 is 19.5 Å². The number of hydrogen-bond acceptors (Lipinski definition) is 4. The minimum absolute atomic E-state index is 0.0776. The summed E-state index contributed by atoms with van der Waals surface area (Å²) in [6.45, 7) is 6.43. The molecular weight excluding hydrogens is 254 g/mol. The second-order valence-electron chi connectivity index (χ2n) is 4.58. The zero-order valence-electron chi connectivity index (χ0n) is 12.6. The molecule has 0 spiro atoms. The van der Waals surface area contributed by atoms with E-state index in [-0.39, 0.29) is 6.10 Å². The number of hydrogen-bond donors (Lipinski definition) is 1. The van der Waals surface area contributed by atoms with E-state index < -0.39 is 0 Å². The first-order valence-corrected chi connectivity index (χ1v) is 7.32. The topological polar surface area (TPSA) is 39.7 Å². The van der Waals surface area contributed by atoms with E-state index in [4.69, 9.17) is 14.2 Å². The Morgan fingerprint density at radius 3 is 2.50 bits per heavy atom. The quantitative estimate of drug-likeness (QED) is 0.597. The molecule has 4 nitrogen and oxygen atoms in total. The molecular formula is C16H27NO3. The fraction of sp³-hybridized carbons (Fsp3) is 0.625.